The quantitative estimate of drug-likeness (QED) is 0.663. The second kappa shape index (κ2) is 3.28. The van der Waals surface area contributed by atoms with Gasteiger partial charge in [-0.15, -0.1) is 0 Å². The van der Waals surface area contributed by atoms with Gasteiger partial charge in [-0.05, 0) is 23.1 Å². The van der Waals surface area contributed by atoms with E-state index in [0.29, 0.717) is 6.54 Å². The Morgan fingerprint density at radius 1 is 1.20 bits per heavy atom. The third kappa shape index (κ3) is 1.39. The Morgan fingerprint density at radius 2 is 2.07 bits per heavy atom. The fourth-order valence-corrected chi connectivity index (χ4v) is 2.67. The molecule has 3 rings (SSSR count). The first-order valence-electron chi connectivity index (χ1n) is 4.79. The van der Waals surface area contributed by atoms with Crippen molar-refractivity contribution in [1.82, 2.24) is 4.90 Å². The summed E-state index contributed by atoms with van der Waals surface area (Å²) in [6.45, 7) is 0.681. The number of carbonyl (C=O) groups excluding carboxylic acids is 1. The summed E-state index contributed by atoms with van der Waals surface area (Å²) in [4.78, 5) is 14.6. The molecule has 0 unspecified atom stereocenters. The van der Waals surface area contributed by atoms with Gasteiger partial charge in [-0.3, -0.25) is 4.79 Å². The predicted molar refractivity (Wildman–Crippen MR) is 60.1 cm³/mol. The van der Waals surface area contributed by atoms with Crippen LogP contribution in [0.3, 0.4) is 0 Å². The van der Waals surface area contributed by atoms with E-state index in [1.54, 1.807) is 22.7 Å². The summed E-state index contributed by atoms with van der Waals surface area (Å²) in [5, 5.41) is 2.03. The topological polar surface area (TPSA) is 20.3 Å². The summed E-state index contributed by atoms with van der Waals surface area (Å²) < 4.78 is 0. The molecular formula is C12H9NOS. The molecule has 0 fully saturated rings. The standard InChI is InChI=1S/C12H9NOS/c14-12-6-5-10-8-15-11-4-2-1-3-9(11)7-13(10)12/h1-6,8H,7H2. The molecule has 0 saturated carbocycles. The van der Waals surface area contributed by atoms with Gasteiger partial charge >= 0.3 is 0 Å². The molecule has 2 heterocycles. The van der Waals surface area contributed by atoms with E-state index in [1.165, 1.54) is 10.5 Å². The zero-order valence-electron chi connectivity index (χ0n) is 8.01. The molecule has 1 amide bonds. The summed E-state index contributed by atoms with van der Waals surface area (Å²) in [6, 6.07) is 8.20. The zero-order chi connectivity index (χ0) is 10.3. The van der Waals surface area contributed by atoms with Crippen LogP contribution in [-0.4, -0.2) is 10.8 Å². The summed E-state index contributed by atoms with van der Waals surface area (Å²) in [5.74, 6) is 0.0820. The van der Waals surface area contributed by atoms with E-state index < -0.39 is 0 Å². The van der Waals surface area contributed by atoms with E-state index in [-0.39, 0.29) is 5.91 Å². The Morgan fingerprint density at radius 3 is 3.00 bits per heavy atom. The molecule has 2 aliphatic heterocycles. The lowest BCUT2D eigenvalue weighted by molar-refractivity contribution is -0.123. The molecule has 15 heavy (non-hydrogen) atoms. The molecule has 74 valence electrons. The molecule has 0 aliphatic carbocycles. The van der Waals surface area contributed by atoms with Crippen LogP contribution in [0.2, 0.25) is 0 Å². The summed E-state index contributed by atoms with van der Waals surface area (Å²) >= 11 is 1.68. The number of fused-ring (bicyclic) bond motifs is 2. The number of carbonyl (C=O) groups is 1. The van der Waals surface area contributed by atoms with Gasteiger partial charge in [0.2, 0.25) is 0 Å². The number of amides is 1. The smallest absolute Gasteiger partial charge is 0.251 e. The van der Waals surface area contributed by atoms with E-state index >= 15 is 0 Å². The highest BCUT2D eigenvalue weighted by Gasteiger charge is 2.23. The number of rotatable bonds is 0. The molecule has 0 atom stereocenters. The number of nitrogens with zero attached hydrogens (tertiary/aromatic N) is 1. The van der Waals surface area contributed by atoms with E-state index in [4.69, 9.17) is 0 Å². The van der Waals surface area contributed by atoms with Crippen LogP contribution in [0.5, 0.6) is 0 Å². The third-order valence-corrected chi connectivity index (χ3v) is 3.59. The van der Waals surface area contributed by atoms with Crippen LogP contribution in [-0.2, 0) is 11.3 Å². The van der Waals surface area contributed by atoms with Gasteiger partial charge in [-0.25, -0.2) is 0 Å². The molecule has 3 heteroatoms. The number of thioether (sulfide) groups is 1. The van der Waals surface area contributed by atoms with Crippen LogP contribution in [0.4, 0.5) is 0 Å². The first kappa shape index (κ1) is 8.80. The fourth-order valence-electron chi connectivity index (χ4n) is 1.78. The molecular weight excluding hydrogens is 206 g/mol. The molecule has 0 spiro atoms. The highest BCUT2D eigenvalue weighted by molar-refractivity contribution is 8.02. The second-order valence-electron chi connectivity index (χ2n) is 3.53. The summed E-state index contributed by atoms with van der Waals surface area (Å²) in [5.41, 5.74) is 2.21. The average molecular weight is 215 g/mol. The van der Waals surface area contributed by atoms with Crippen molar-refractivity contribution in [3.63, 3.8) is 0 Å². The number of hydrogen-bond acceptors (Lipinski definition) is 2. The highest BCUT2D eigenvalue weighted by Crippen LogP contribution is 2.33. The molecule has 1 aromatic rings. The lowest BCUT2D eigenvalue weighted by atomic mass is 10.2. The highest BCUT2D eigenvalue weighted by atomic mass is 32.2. The molecule has 2 nitrogen and oxygen atoms in total. The lowest BCUT2D eigenvalue weighted by Gasteiger charge is -2.16. The minimum absolute atomic E-state index is 0.0820. The number of allylic oxidation sites excluding steroid dienone is 1. The minimum Gasteiger partial charge on any atom is -0.304 e. The Labute approximate surface area is 92.3 Å². The van der Waals surface area contributed by atoms with E-state index in [2.05, 4.69) is 12.1 Å². The predicted octanol–water partition coefficient (Wildman–Crippen LogP) is 2.53. The Balaban J connectivity index is 2.06. The van der Waals surface area contributed by atoms with E-state index in [9.17, 15) is 4.79 Å². The molecule has 0 aromatic heterocycles. The first-order chi connectivity index (χ1) is 7.34. The maximum atomic E-state index is 11.6. The molecule has 2 aliphatic rings. The van der Waals surface area contributed by atoms with Gasteiger partial charge in [0.15, 0.2) is 0 Å². The summed E-state index contributed by atoms with van der Waals surface area (Å²) in [6.07, 6.45) is 3.50. The van der Waals surface area contributed by atoms with Crippen molar-refractivity contribution in [2.24, 2.45) is 0 Å². The third-order valence-electron chi connectivity index (χ3n) is 2.58. The van der Waals surface area contributed by atoms with E-state index in [1.807, 2.05) is 23.6 Å². The maximum absolute atomic E-state index is 11.6. The van der Waals surface area contributed by atoms with Crippen molar-refractivity contribution in [2.45, 2.75) is 11.4 Å². The van der Waals surface area contributed by atoms with Crippen LogP contribution in [0.1, 0.15) is 5.56 Å². The fraction of sp³-hybridized carbons (Fsp3) is 0.0833. The Hall–Kier alpha value is -1.48. The van der Waals surface area contributed by atoms with Gasteiger partial charge in [0.25, 0.3) is 5.91 Å². The second-order valence-corrected chi connectivity index (χ2v) is 4.44. The summed E-state index contributed by atoms with van der Waals surface area (Å²) in [7, 11) is 0. The molecule has 0 N–H and O–H groups in total. The number of hydrogen-bond donors (Lipinski definition) is 0. The van der Waals surface area contributed by atoms with Gasteiger partial charge in [0.05, 0.1) is 12.2 Å². The van der Waals surface area contributed by atoms with Crippen LogP contribution in [0.25, 0.3) is 0 Å². The average Bonchev–Trinajstić information content (AvgIpc) is 2.51. The van der Waals surface area contributed by atoms with Gasteiger partial charge in [0, 0.05) is 11.0 Å². The monoisotopic (exact) mass is 215 g/mol. The van der Waals surface area contributed by atoms with Crippen LogP contribution in [0.15, 0.2) is 52.4 Å². The minimum atomic E-state index is 0.0820. The van der Waals surface area contributed by atoms with Crippen molar-refractivity contribution in [3.8, 4) is 0 Å². The van der Waals surface area contributed by atoms with Crippen molar-refractivity contribution in [2.75, 3.05) is 0 Å². The van der Waals surface area contributed by atoms with E-state index in [0.717, 1.165) is 5.70 Å². The number of benzene rings is 1. The van der Waals surface area contributed by atoms with Gasteiger partial charge in [-0.1, -0.05) is 30.0 Å². The molecule has 0 saturated heterocycles. The van der Waals surface area contributed by atoms with Crippen LogP contribution in [0, 0.1) is 0 Å². The van der Waals surface area contributed by atoms with Crippen molar-refractivity contribution in [1.29, 1.82) is 0 Å². The molecule has 1 aromatic carbocycles. The largest absolute Gasteiger partial charge is 0.304 e. The van der Waals surface area contributed by atoms with Crippen LogP contribution < -0.4 is 0 Å². The maximum Gasteiger partial charge on any atom is 0.251 e. The van der Waals surface area contributed by atoms with Crippen molar-refractivity contribution >= 4 is 17.7 Å². The molecule has 0 radical (unpaired) electrons. The van der Waals surface area contributed by atoms with Gasteiger partial charge in [-0.2, -0.15) is 0 Å². The molecule has 0 bridgehead atoms. The van der Waals surface area contributed by atoms with Gasteiger partial charge < -0.3 is 4.90 Å². The van der Waals surface area contributed by atoms with Crippen molar-refractivity contribution < 1.29 is 4.79 Å². The van der Waals surface area contributed by atoms with Crippen LogP contribution >= 0.6 is 11.8 Å². The zero-order valence-corrected chi connectivity index (χ0v) is 8.83. The Kier molecular flexibility index (Phi) is 1.92. The van der Waals surface area contributed by atoms with Crippen molar-refractivity contribution in [3.05, 3.63) is 53.1 Å². The Bertz CT molecular complexity index is 490. The van der Waals surface area contributed by atoms with Gasteiger partial charge in [0.1, 0.15) is 0 Å². The first-order valence-corrected chi connectivity index (χ1v) is 5.67. The lowest BCUT2D eigenvalue weighted by Crippen LogP contribution is -2.22. The SMILES string of the molecule is O=C1C=CC2=CSc3ccccc3CN12. The normalized spacial score (nSPS) is 18.3.